The first kappa shape index (κ1) is 21.7. The summed E-state index contributed by atoms with van der Waals surface area (Å²) in [5.41, 5.74) is 1.46. The number of anilines is 2. The van der Waals surface area contributed by atoms with Gasteiger partial charge < -0.3 is 5.32 Å². The highest BCUT2D eigenvalue weighted by Gasteiger charge is 2.20. The smallest absolute Gasteiger partial charge is 0.277 e. The first-order valence-corrected chi connectivity index (χ1v) is 9.68. The van der Waals surface area contributed by atoms with Crippen molar-refractivity contribution in [2.75, 3.05) is 24.8 Å². The summed E-state index contributed by atoms with van der Waals surface area (Å²) in [7, 11) is -3.67. The molecule has 0 atom stereocenters. The standard InChI is InChI=1S/C17H17F3N2O5S/c1-10-3-6-14(13(19)9-10)21-16-11(4-5-12(18)15(16)20)17(23)22-26-7-8-27-28(2,24)25/h3-6,9,21H,7-8H2,1-2H3,(H,22,23). The molecule has 0 aliphatic rings. The summed E-state index contributed by atoms with van der Waals surface area (Å²) in [5.74, 6) is -4.31. The minimum absolute atomic E-state index is 0.161. The van der Waals surface area contributed by atoms with Gasteiger partial charge in [-0.15, -0.1) is 0 Å². The molecule has 0 saturated heterocycles. The van der Waals surface area contributed by atoms with Gasteiger partial charge in [0.05, 0.1) is 36.4 Å². The fourth-order valence-corrected chi connectivity index (χ4v) is 2.49. The second kappa shape index (κ2) is 9.04. The molecule has 2 aromatic rings. The van der Waals surface area contributed by atoms with Crippen molar-refractivity contribution in [3.8, 4) is 0 Å². The van der Waals surface area contributed by atoms with E-state index in [2.05, 4.69) is 9.50 Å². The summed E-state index contributed by atoms with van der Waals surface area (Å²) in [5, 5.41) is 2.37. The first-order chi connectivity index (χ1) is 13.1. The maximum atomic E-state index is 14.2. The predicted molar refractivity (Wildman–Crippen MR) is 95.0 cm³/mol. The molecule has 28 heavy (non-hydrogen) atoms. The molecule has 0 bridgehead atoms. The number of benzene rings is 2. The van der Waals surface area contributed by atoms with Crippen molar-refractivity contribution in [1.29, 1.82) is 0 Å². The van der Waals surface area contributed by atoms with Gasteiger partial charge in [-0.3, -0.25) is 13.8 Å². The summed E-state index contributed by atoms with van der Waals surface area (Å²) in [4.78, 5) is 17.0. The molecule has 11 heteroatoms. The lowest BCUT2D eigenvalue weighted by molar-refractivity contribution is 0.0209. The minimum atomic E-state index is -3.67. The van der Waals surface area contributed by atoms with Crippen LogP contribution in [0, 0.1) is 24.4 Å². The summed E-state index contributed by atoms with van der Waals surface area (Å²) in [6, 6.07) is 5.76. The van der Waals surface area contributed by atoms with Gasteiger partial charge in [0.15, 0.2) is 11.6 Å². The second-order valence-corrected chi connectivity index (χ2v) is 7.34. The molecule has 0 spiro atoms. The zero-order valence-corrected chi connectivity index (χ0v) is 15.7. The van der Waals surface area contributed by atoms with Crippen molar-refractivity contribution in [3.05, 3.63) is 58.9 Å². The topological polar surface area (TPSA) is 93.7 Å². The number of rotatable bonds is 8. The maximum Gasteiger partial charge on any atom is 0.277 e. The van der Waals surface area contributed by atoms with E-state index >= 15 is 0 Å². The van der Waals surface area contributed by atoms with Crippen LogP contribution in [-0.4, -0.2) is 33.8 Å². The Bertz CT molecular complexity index is 983. The van der Waals surface area contributed by atoms with E-state index in [1.165, 1.54) is 12.1 Å². The van der Waals surface area contributed by atoms with Crippen molar-refractivity contribution in [3.63, 3.8) is 0 Å². The molecule has 0 heterocycles. The Labute approximate surface area is 159 Å². The quantitative estimate of drug-likeness (QED) is 0.389. The summed E-state index contributed by atoms with van der Waals surface area (Å²) in [6.07, 6.45) is 0.842. The molecule has 7 nitrogen and oxygen atoms in total. The van der Waals surface area contributed by atoms with Crippen LogP contribution in [0.4, 0.5) is 24.5 Å². The molecule has 0 aliphatic heterocycles. The van der Waals surface area contributed by atoms with Crippen LogP contribution in [0.1, 0.15) is 15.9 Å². The highest BCUT2D eigenvalue weighted by Crippen LogP contribution is 2.28. The van der Waals surface area contributed by atoms with Crippen molar-refractivity contribution in [1.82, 2.24) is 5.48 Å². The lowest BCUT2D eigenvalue weighted by atomic mass is 10.1. The van der Waals surface area contributed by atoms with E-state index < -0.39 is 39.2 Å². The summed E-state index contributed by atoms with van der Waals surface area (Å²) < 4.78 is 67.9. The number of nitrogens with one attached hydrogen (secondary N) is 2. The number of hydroxylamine groups is 1. The van der Waals surface area contributed by atoms with Crippen molar-refractivity contribution >= 4 is 27.4 Å². The van der Waals surface area contributed by atoms with Gasteiger partial charge in [0, 0.05) is 0 Å². The molecule has 0 radical (unpaired) electrons. The van der Waals surface area contributed by atoms with Crippen LogP contribution in [0.2, 0.25) is 0 Å². The maximum absolute atomic E-state index is 14.2. The van der Waals surface area contributed by atoms with E-state index in [0.29, 0.717) is 5.56 Å². The van der Waals surface area contributed by atoms with E-state index in [0.717, 1.165) is 18.4 Å². The Hall–Kier alpha value is -2.63. The molecular weight excluding hydrogens is 401 g/mol. The minimum Gasteiger partial charge on any atom is -0.350 e. The largest absolute Gasteiger partial charge is 0.350 e. The molecule has 2 aromatic carbocycles. The third kappa shape index (κ3) is 5.94. The molecule has 1 amide bonds. The van der Waals surface area contributed by atoms with Crippen LogP contribution in [0.5, 0.6) is 0 Å². The van der Waals surface area contributed by atoms with Crippen LogP contribution in [0.25, 0.3) is 0 Å². The monoisotopic (exact) mass is 418 g/mol. The SMILES string of the molecule is Cc1ccc(Nc2c(C(=O)NOCCOS(C)(=O)=O)ccc(F)c2F)c(F)c1. The highest BCUT2D eigenvalue weighted by atomic mass is 32.2. The third-order valence-electron chi connectivity index (χ3n) is 3.37. The lowest BCUT2D eigenvalue weighted by Crippen LogP contribution is -2.27. The average Bonchev–Trinajstić information content (AvgIpc) is 2.59. The van der Waals surface area contributed by atoms with Crippen molar-refractivity contribution in [2.24, 2.45) is 0 Å². The normalized spacial score (nSPS) is 11.3. The van der Waals surface area contributed by atoms with Gasteiger partial charge in [0.25, 0.3) is 16.0 Å². The lowest BCUT2D eigenvalue weighted by Gasteiger charge is -2.14. The average molecular weight is 418 g/mol. The number of carbonyl (C=O) groups excluding carboxylic acids is 1. The van der Waals surface area contributed by atoms with Crippen molar-refractivity contribution < 1.29 is 35.4 Å². The third-order valence-corrected chi connectivity index (χ3v) is 3.97. The molecule has 0 saturated carbocycles. The van der Waals surface area contributed by atoms with Gasteiger partial charge in [-0.25, -0.2) is 18.7 Å². The van der Waals surface area contributed by atoms with E-state index in [9.17, 15) is 26.4 Å². The second-order valence-electron chi connectivity index (χ2n) is 5.70. The molecule has 2 rings (SSSR count). The molecule has 0 aromatic heterocycles. The fourth-order valence-electron chi connectivity index (χ4n) is 2.12. The molecular formula is C17H17F3N2O5S. The fraction of sp³-hybridized carbons (Fsp3) is 0.235. The van der Waals surface area contributed by atoms with Gasteiger partial charge in [-0.05, 0) is 36.8 Å². The Kier molecular flexibility index (Phi) is 7.00. The summed E-state index contributed by atoms with van der Waals surface area (Å²) in [6.45, 7) is 0.966. The molecule has 2 N–H and O–H groups in total. The van der Waals surface area contributed by atoms with Crippen molar-refractivity contribution in [2.45, 2.75) is 6.92 Å². The molecule has 0 fully saturated rings. The van der Waals surface area contributed by atoms with Crippen LogP contribution in [0.3, 0.4) is 0 Å². The van der Waals surface area contributed by atoms with Gasteiger partial charge >= 0.3 is 0 Å². The van der Waals surface area contributed by atoms with Gasteiger partial charge in [-0.2, -0.15) is 8.42 Å². The number of carbonyl (C=O) groups is 1. The molecule has 152 valence electrons. The van der Waals surface area contributed by atoms with Crippen LogP contribution in [0.15, 0.2) is 30.3 Å². The Morgan fingerprint density at radius 2 is 1.79 bits per heavy atom. The Balaban J connectivity index is 2.15. The Morgan fingerprint density at radius 1 is 1.07 bits per heavy atom. The summed E-state index contributed by atoms with van der Waals surface area (Å²) >= 11 is 0. The number of halogens is 3. The number of amides is 1. The predicted octanol–water partition coefficient (Wildman–Crippen LogP) is 2.79. The zero-order chi connectivity index (χ0) is 20.9. The molecule has 0 unspecified atom stereocenters. The van der Waals surface area contributed by atoms with E-state index in [4.69, 9.17) is 4.84 Å². The van der Waals surface area contributed by atoms with Gasteiger partial charge in [-0.1, -0.05) is 6.07 Å². The Morgan fingerprint density at radius 3 is 2.43 bits per heavy atom. The first-order valence-electron chi connectivity index (χ1n) is 7.86. The van der Waals surface area contributed by atoms with Gasteiger partial charge in [0.2, 0.25) is 0 Å². The number of aryl methyl sites for hydroxylation is 1. The highest BCUT2D eigenvalue weighted by molar-refractivity contribution is 7.85. The molecule has 0 aliphatic carbocycles. The number of hydrogen-bond donors (Lipinski definition) is 2. The number of hydrogen-bond acceptors (Lipinski definition) is 6. The van der Waals surface area contributed by atoms with E-state index in [-0.39, 0.29) is 24.5 Å². The van der Waals surface area contributed by atoms with Crippen LogP contribution in [-0.2, 0) is 19.1 Å². The van der Waals surface area contributed by atoms with Crippen LogP contribution >= 0.6 is 0 Å². The van der Waals surface area contributed by atoms with Crippen LogP contribution < -0.4 is 10.8 Å². The van der Waals surface area contributed by atoms with E-state index in [1.54, 1.807) is 13.0 Å². The van der Waals surface area contributed by atoms with E-state index in [1.807, 2.05) is 5.48 Å². The zero-order valence-electron chi connectivity index (χ0n) is 14.9. The van der Waals surface area contributed by atoms with Gasteiger partial charge in [0.1, 0.15) is 5.82 Å².